The van der Waals surface area contributed by atoms with Gasteiger partial charge in [-0.1, -0.05) is 17.8 Å². The van der Waals surface area contributed by atoms with Crippen LogP contribution in [0.3, 0.4) is 0 Å². The van der Waals surface area contributed by atoms with Crippen LogP contribution in [0.1, 0.15) is 24.8 Å². The summed E-state index contributed by atoms with van der Waals surface area (Å²) in [7, 11) is 0. The molecule has 0 aromatic heterocycles. The van der Waals surface area contributed by atoms with Gasteiger partial charge < -0.3 is 26.2 Å². The first-order chi connectivity index (χ1) is 15.5. The van der Waals surface area contributed by atoms with Crippen LogP contribution in [0.25, 0.3) is 0 Å². The summed E-state index contributed by atoms with van der Waals surface area (Å²) in [6.45, 7) is 0.750. The zero-order valence-corrected chi connectivity index (χ0v) is 18.4. The van der Waals surface area contributed by atoms with E-state index in [1.165, 1.54) is 23.9 Å². The van der Waals surface area contributed by atoms with Gasteiger partial charge >= 0.3 is 6.18 Å². The highest BCUT2D eigenvalue weighted by Crippen LogP contribution is 2.42. The van der Waals surface area contributed by atoms with Crippen LogP contribution >= 0.6 is 11.8 Å². The average molecular weight is 487 g/mol. The number of primary amides is 1. The molecule has 3 aliphatic rings. The first kappa shape index (κ1) is 23.8. The van der Waals surface area contributed by atoms with E-state index in [0.717, 1.165) is 12.1 Å². The van der Waals surface area contributed by atoms with Crippen LogP contribution in [0.2, 0.25) is 0 Å². The summed E-state index contributed by atoms with van der Waals surface area (Å²) in [5, 5.41) is 23.5. The monoisotopic (exact) mass is 486 g/mol. The molecule has 0 bridgehead atoms. The number of aliphatic imine (C=N–C) groups is 1. The second-order valence-corrected chi connectivity index (χ2v) is 9.78. The van der Waals surface area contributed by atoms with Crippen LogP contribution in [-0.2, 0) is 15.8 Å². The van der Waals surface area contributed by atoms with Gasteiger partial charge in [0.1, 0.15) is 6.10 Å². The fraction of sp³-hybridized carbons (Fsp3) is 0.571. The molecule has 4 rings (SSSR count). The minimum Gasteiger partial charge on any atom is -0.390 e. The third kappa shape index (κ3) is 4.97. The SMILES string of the molecule is NC(=O)C1CCN(C(=O)[C@H]2C[C@@H](O)[C@H](O)[C@@H]3N=C(Nc4cccc(C(F)(F)F)c4)S[C@@H]32)CC1. The molecular formula is C21H25F3N4O4S. The molecule has 0 radical (unpaired) electrons. The number of carbonyl (C=O) groups excluding carboxylic acids is 2. The van der Waals surface area contributed by atoms with E-state index in [2.05, 4.69) is 10.3 Å². The van der Waals surface area contributed by atoms with Crippen LogP contribution in [0.15, 0.2) is 29.3 Å². The number of hydrogen-bond acceptors (Lipinski definition) is 7. The predicted molar refractivity (Wildman–Crippen MR) is 116 cm³/mol. The lowest BCUT2D eigenvalue weighted by Crippen LogP contribution is -2.55. The Bertz CT molecular complexity index is 952. The number of thioether (sulfide) groups is 1. The zero-order valence-electron chi connectivity index (χ0n) is 17.5. The van der Waals surface area contributed by atoms with Crippen LogP contribution in [0.5, 0.6) is 0 Å². The number of alkyl halides is 3. The number of fused-ring (bicyclic) bond motifs is 1. The molecule has 2 amide bonds. The van der Waals surface area contributed by atoms with Gasteiger partial charge in [0.05, 0.1) is 23.6 Å². The summed E-state index contributed by atoms with van der Waals surface area (Å²) in [6.07, 6.45) is -5.83. The van der Waals surface area contributed by atoms with Crippen LogP contribution in [0, 0.1) is 11.8 Å². The Morgan fingerprint density at radius 2 is 1.91 bits per heavy atom. The number of piperidine rings is 1. The summed E-state index contributed by atoms with van der Waals surface area (Å²) in [5.74, 6) is -1.48. The number of nitrogens with zero attached hydrogens (tertiary/aromatic N) is 2. The second-order valence-electron chi connectivity index (χ2n) is 8.61. The minimum absolute atomic E-state index is 0.0519. The number of amides is 2. The van der Waals surface area contributed by atoms with E-state index in [9.17, 15) is 33.0 Å². The number of carbonyl (C=O) groups is 2. The first-order valence-corrected chi connectivity index (χ1v) is 11.6. The summed E-state index contributed by atoms with van der Waals surface area (Å²) in [6, 6.07) is 3.90. The van der Waals surface area contributed by atoms with Gasteiger partial charge in [0.15, 0.2) is 5.17 Å². The molecule has 1 saturated carbocycles. The molecule has 1 aromatic rings. The molecule has 2 fully saturated rings. The van der Waals surface area contributed by atoms with Gasteiger partial charge in [-0.25, -0.2) is 0 Å². The zero-order chi connectivity index (χ0) is 23.9. The highest BCUT2D eigenvalue weighted by Gasteiger charge is 2.51. The van der Waals surface area contributed by atoms with E-state index < -0.39 is 41.2 Å². The molecule has 2 aliphatic heterocycles. The summed E-state index contributed by atoms with van der Waals surface area (Å²) >= 11 is 1.18. The van der Waals surface area contributed by atoms with Crippen molar-refractivity contribution in [3.05, 3.63) is 29.8 Å². The fourth-order valence-electron chi connectivity index (χ4n) is 4.61. The number of aliphatic hydroxyl groups is 2. The van der Waals surface area contributed by atoms with Crippen molar-refractivity contribution in [2.75, 3.05) is 18.4 Å². The number of nitrogens with one attached hydrogen (secondary N) is 1. The van der Waals surface area contributed by atoms with Crippen molar-refractivity contribution in [1.82, 2.24) is 4.90 Å². The standard InChI is InChI=1S/C21H25F3N4O4S/c22-21(23,24)11-2-1-3-12(8-11)26-20-27-15-16(30)14(29)9-13(17(15)33-20)19(32)28-6-4-10(5-7-28)18(25)31/h1-3,8,10,13-17,29-30H,4-7,9H2,(H2,25,31)(H,26,27)/t13-,14+,15-,16-,17+/m0/s1. The van der Waals surface area contributed by atoms with E-state index >= 15 is 0 Å². The molecule has 5 N–H and O–H groups in total. The van der Waals surface area contributed by atoms with Crippen LogP contribution in [-0.4, -0.2) is 68.7 Å². The summed E-state index contributed by atoms with van der Waals surface area (Å²) in [4.78, 5) is 30.7. The smallest absolute Gasteiger partial charge is 0.390 e. The number of aliphatic hydroxyl groups excluding tert-OH is 2. The van der Waals surface area contributed by atoms with Crippen molar-refractivity contribution in [3.8, 4) is 0 Å². The molecule has 8 nitrogen and oxygen atoms in total. The van der Waals surface area contributed by atoms with E-state index in [1.54, 1.807) is 4.90 Å². The molecule has 12 heteroatoms. The van der Waals surface area contributed by atoms with Gasteiger partial charge in [-0.3, -0.25) is 14.6 Å². The van der Waals surface area contributed by atoms with Crippen molar-refractivity contribution in [2.24, 2.45) is 22.6 Å². The van der Waals surface area contributed by atoms with Gasteiger partial charge in [0.25, 0.3) is 0 Å². The van der Waals surface area contributed by atoms with E-state index in [0.29, 0.717) is 25.9 Å². The number of anilines is 1. The highest BCUT2D eigenvalue weighted by atomic mass is 32.2. The normalized spacial score (nSPS) is 30.5. The Morgan fingerprint density at radius 3 is 2.55 bits per heavy atom. The molecule has 1 aromatic carbocycles. The predicted octanol–water partition coefficient (Wildman–Crippen LogP) is 1.42. The molecule has 5 atom stereocenters. The largest absolute Gasteiger partial charge is 0.416 e. The molecular weight excluding hydrogens is 461 g/mol. The van der Waals surface area contributed by atoms with Crippen LogP contribution in [0.4, 0.5) is 18.9 Å². The third-order valence-electron chi connectivity index (χ3n) is 6.45. The molecule has 0 spiro atoms. The first-order valence-electron chi connectivity index (χ1n) is 10.7. The number of rotatable bonds is 3. The molecule has 1 saturated heterocycles. The Kier molecular flexibility index (Phi) is 6.61. The number of likely N-dealkylation sites (tertiary alicyclic amines) is 1. The number of benzene rings is 1. The number of halogens is 3. The van der Waals surface area contributed by atoms with Crippen molar-refractivity contribution >= 4 is 34.4 Å². The summed E-state index contributed by atoms with van der Waals surface area (Å²) < 4.78 is 39.0. The van der Waals surface area contributed by atoms with E-state index in [1.807, 2.05) is 0 Å². The Morgan fingerprint density at radius 1 is 1.21 bits per heavy atom. The Balaban J connectivity index is 1.47. The Labute approximate surface area is 192 Å². The van der Waals surface area contributed by atoms with Gasteiger partial charge in [-0.05, 0) is 37.5 Å². The summed E-state index contributed by atoms with van der Waals surface area (Å²) in [5.41, 5.74) is 4.73. The number of hydrogen-bond donors (Lipinski definition) is 4. The van der Waals surface area contributed by atoms with Crippen LogP contribution < -0.4 is 11.1 Å². The van der Waals surface area contributed by atoms with Gasteiger partial charge in [0.2, 0.25) is 11.8 Å². The molecule has 2 heterocycles. The quantitative estimate of drug-likeness (QED) is 0.512. The van der Waals surface area contributed by atoms with Gasteiger partial charge in [0, 0.05) is 29.9 Å². The van der Waals surface area contributed by atoms with E-state index in [4.69, 9.17) is 5.73 Å². The maximum Gasteiger partial charge on any atom is 0.416 e. The van der Waals surface area contributed by atoms with Crippen molar-refractivity contribution in [3.63, 3.8) is 0 Å². The highest BCUT2D eigenvalue weighted by molar-refractivity contribution is 8.15. The van der Waals surface area contributed by atoms with Crippen molar-refractivity contribution in [2.45, 2.75) is 48.9 Å². The molecule has 0 unspecified atom stereocenters. The lowest BCUT2D eigenvalue weighted by Gasteiger charge is -2.40. The fourth-order valence-corrected chi connectivity index (χ4v) is 5.98. The van der Waals surface area contributed by atoms with Crippen molar-refractivity contribution in [1.29, 1.82) is 0 Å². The molecule has 180 valence electrons. The van der Waals surface area contributed by atoms with Crippen molar-refractivity contribution < 1.29 is 33.0 Å². The Hall–Kier alpha value is -2.31. The molecule has 33 heavy (non-hydrogen) atoms. The second kappa shape index (κ2) is 9.15. The molecule has 1 aliphatic carbocycles. The van der Waals surface area contributed by atoms with Gasteiger partial charge in [-0.2, -0.15) is 13.2 Å². The van der Waals surface area contributed by atoms with E-state index in [-0.39, 0.29) is 35.0 Å². The third-order valence-corrected chi connectivity index (χ3v) is 7.76. The van der Waals surface area contributed by atoms with Gasteiger partial charge in [-0.15, -0.1) is 0 Å². The lowest BCUT2D eigenvalue weighted by molar-refractivity contribution is -0.142. The maximum absolute atomic E-state index is 13.3. The number of nitrogens with two attached hydrogens (primary N) is 1. The topological polar surface area (TPSA) is 128 Å². The number of amidine groups is 1. The minimum atomic E-state index is -4.49. The average Bonchev–Trinajstić information content (AvgIpc) is 3.19. The lowest BCUT2D eigenvalue weighted by atomic mass is 9.80. The maximum atomic E-state index is 13.3.